The summed E-state index contributed by atoms with van der Waals surface area (Å²) >= 11 is 1.49. The second-order valence-electron chi connectivity index (χ2n) is 3.91. The molecular formula is C11H15N5S. The van der Waals surface area contributed by atoms with Gasteiger partial charge in [0.15, 0.2) is 5.16 Å². The van der Waals surface area contributed by atoms with Gasteiger partial charge in [-0.15, -0.1) is 10.2 Å². The van der Waals surface area contributed by atoms with Crippen LogP contribution in [-0.4, -0.2) is 19.7 Å². The van der Waals surface area contributed by atoms with E-state index in [-0.39, 0.29) is 6.04 Å². The molecule has 2 N–H and O–H groups in total. The molecule has 0 aliphatic heterocycles. The van der Waals surface area contributed by atoms with Gasteiger partial charge < -0.3 is 10.3 Å². The van der Waals surface area contributed by atoms with Crippen LogP contribution < -0.4 is 5.73 Å². The van der Waals surface area contributed by atoms with Crippen molar-refractivity contribution >= 4 is 11.8 Å². The van der Waals surface area contributed by atoms with Crippen LogP contribution in [0.1, 0.15) is 24.4 Å². The van der Waals surface area contributed by atoms with E-state index < -0.39 is 0 Å². The minimum atomic E-state index is 0.0126. The van der Waals surface area contributed by atoms with Crippen LogP contribution in [0.5, 0.6) is 0 Å². The molecule has 0 aliphatic rings. The van der Waals surface area contributed by atoms with Crippen LogP contribution in [0.15, 0.2) is 28.5 Å². The Kier molecular flexibility index (Phi) is 3.44. The summed E-state index contributed by atoms with van der Waals surface area (Å²) in [5.41, 5.74) is 6.91. The maximum absolute atomic E-state index is 5.84. The number of aryl methyl sites for hydroxylation is 1. The van der Waals surface area contributed by atoms with Crippen molar-refractivity contribution in [2.45, 2.75) is 30.1 Å². The Morgan fingerprint density at radius 3 is 2.76 bits per heavy atom. The molecule has 0 amide bonds. The summed E-state index contributed by atoms with van der Waals surface area (Å²) in [6, 6.07) is 3.93. The number of nitrogens with zero attached hydrogens (tertiary/aromatic N) is 4. The van der Waals surface area contributed by atoms with Crippen LogP contribution in [0.3, 0.4) is 0 Å². The van der Waals surface area contributed by atoms with E-state index in [4.69, 9.17) is 5.73 Å². The molecule has 17 heavy (non-hydrogen) atoms. The fourth-order valence-electron chi connectivity index (χ4n) is 1.33. The third kappa shape index (κ3) is 2.65. The Labute approximate surface area is 104 Å². The Balaban J connectivity index is 2.24. The SMILES string of the molecule is Cc1nnc(Sc2cc(C(C)N)ccn2)n1C. The zero-order valence-electron chi connectivity index (χ0n) is 10.1. The molecule has 1 atom stereocenters. The summed E-state index contributed by atoms with van der Waals surface area (Å²) in [5.74, 6) is 0.885. The molecule has 6 heteroatoms. The van der Waals surface area contributed by atoms with E-state index in [0.717, 1.165) is 21.6 Å². The lowest BCUT2D eigenvalue weighted by molar-refractivity contribution is 0.763. The van der Waals surface area contributed by atoms with Gasteiger partial charge in [0, 0.05) is 19.3 Å². The van der Waals surface area contributed by atoms with Crippen LogP contribution in [0, 0.1) is 6.92 Å². The minimum absolute atomic E-state index is 0.0126. The first-order valence-corrected chi connectivity index (χ1v) is 6.15. The van der Waals surface area contributed by atoms with Gasteiger partial charge in [0.05, 0.1) is 0 Å². The average Bonchev–Trinajstić information content (AvgIpc) is 2.61. The third-order valence-corrected chi connectivity index (χ3v) is 3.50. The molecule has 2 aromatic rings. The molecule has 0 spiro atoms. The van der Waals surface area contributed by atoms with Crippen molar-refractivity contribution < 1.29 is 0 Å². The van der Waals surface area contributed by atoms with Crippen LogP contribution >= 0.6 is 11.8 Å². The van der Waals surface area contributed by atoms with Gasteiger partial charge in [-0.05, 0) is 43.3 Å². The fourth-order valence-corrected chi connectivity index (χ4v) is 2.18. The largest absolute Gasteiger partial charge is 0.324 e. The zero-order chi connectivity index (χ0) is 12.4. The van der Waals surface area contributed by atoms with Crippen LogP contribution in [-0.2, 0) is 7.05 Å². The minimum Gasteiger partial charge on any atom is -0.324 e. The molecule has 2 rings (SSSR count). The first-order chi connectivity index (χ1) is 8.08. The average molecular weight is 249 g/mol. The lowest BCUT2D eigenvalue weighted by atomic mass is 10.1. The molecule has 0 radical (unpaired) electrons. The van der Waals surface area contributed by atoms with Crippen LogP contribution in [0.2, 0.25) is 0 Å². The highest BCUT2D eigenvalue weighted by Crippen LogP contribution is 2.25. The number of pyridine rings is 1. The predicted molar refractivity (Wildman–Crippen MR) is 66.7 cm³/mol. The molecule has 0 saturated heterocycles. The van der Waals surface area contributed by atoms with E-state index in [1.165, 1.54) is 11.8 Å². The second-order valence-corrected chi connectivity index (χ2v) is 4.89. The summed E-state index contributed by atoms with van der Waals surface area (Å²) in [6.45, 7) is 3.87. The van der Waals surface area contributed by atoms with Crippen molar-refractivity contribution in [2.24, 2.45) is 12.8 Å². The van der Waals surface area contributed by atoms with E-state index in [2.05, 4.69) is 15.2 Å². The predicted octanol–water partition coefficient (Wildman–Crippen LogP) is 1.69. The summed E-state index contributed by atoms with van der Waals surface area (Å²) < 4.78 is 1.94. The fraction of sp³-hybridized carbons (Fsp3) is 0.364. The molecule has 5 nitrogen and oxygen atoms in total. The number of rotatable bonds is 3. The quantitative estimate of drug-likeness (QED) is 0.896. The van der Waals surface area contributed by atoms with Gasteiger partial charge in [0.25, 0.3) is 0 Å². The highest BCUT2D eigenvalue weighted by Gasteiger charge is 2.09. The molecule has 2 aromatic heterocycles. The molecule has 1 unspecified atom stereocenters. The van der Waals surface area contributed by atoms with Crippen molar-refractivity contribution in [3.63, 3.8) is 0 Å². The van der Waals surface area contributed by atoms with E-state index in [1.54, 1.807) is 6.20 Å². The maximum Gasteiger partial charge on any atom is 0.197 e. The normalized spacial score (nSPS) is 12.7. The molecule has 2 heterocycles. The van der Waals surface area contributed by atoms with Gasteiger partial charge in [-0.2, -0.15) is 0 Å². The molecule has 0 bridgehead atoms. The molecule has 0 aromatic carbocycles. The lowest BCUT2D eigenvalue weighted by Gasteiger charge is -2.06. The summed E-state index contributed by atoms with van der Waals surface area (Å²) in [4.78, 5) is 4.29. The van der Waals surface area contributed by atoms with Crippen molar-refractivity contribution in [1.82, 2.24) is 19.7 Å². The highest BCUT2D eigenvalue weighted by molar-refractivity contribution is 7.99. The first kappa shape index (κ1) is 12.1. The Bertz CT molecular complexity index is 520. The Morgan fingerprint density at radius 2 is 2.18 bits per heavy atom. The molecule has 90 valence electrons. The van der Waals surface area contributed by atoms with E-state index in [1.807, 2.05) is 37.6 Å². The molecular weight excluding hydrogens is 234 g/mol. The summed E-state index contributed by atoms with van der Waals surface area (Å²) in [7, 11) is 1.94. The smallest absolute Gasteiger partial charge is 0.197 e. The van der Waals surface area contributed by atoms with Gasteiger partial charge in [0.2, 0.25) is 0 Å². The van der Waals surface area contributed by atoms with E-state index >= 15 is 0 Å². The zero-order valence-corrected chi connectivity index (χ0v) is 10.9. The standard InChI is InChI=1S/C11H15N5S/c1-7(12)9-4-5-13-10(6-9)17-11-15-14-8(2)16(11)3/h4-7H,12H2,1-3H3. The first-order valence-electron chi connectivity index (χ1n) is 5.33. The van der Waals surface area contributed by atoms with Gasteiger partial charge in [-0.25, -0.2) is 4.98 Å². The van der Waals surface area contributed by atoms with E-state index in [0.29, 0.717) is 0 Å². The van der Waals surface area contributed by atoms with Gasteiger partial charge in [0.1, 0.15) is 10.9 Å². The highest BCUT2D eigenvalue weighted by atomic mass is 32.2. The molecule has 0 fully saturated rings. The monoisotopic (exact) mass is 249 g/mol. The Morgan fingerprint density at radius 1 is 1.41 bits per heavy atom. The van der Waals surface area contributed by atoms with Crippen molar-refractivity contribution in [3.05, 3.63) is 29.7 Å². The van der Waals surface area contributed by atoms with Gasteiger partial charge >= 0.3 is 0 Å². The van der Waals surface area contributed by atoms with Crippen molar-refractivity contribution in [1.29, 1.82) is 0 Å². The number of hydrogen-bond donors (Lipinski definition) is 1. The second kappa shape index (κ2) is 4.85. The molecule has 0 aliphatic carbocycles. The van der Waals surface area contributed by atoms with Crippen LogP contribution in [0.4, 0.5) is 0 Å². The topological polar surface area (TPSA) is 69.6 Å². The van der Waals surface area contributed by atoms with E-state index in [9.17, 15) is 0 Å². The van der Waals surface area contributed by atoms with Gasteiger partial charge in [-0.3, -0.25) is 0 Å². The number of nitrogens with two attached hydrogens (primary N) is 1. The third-order valence-electron chi connectivity index (χ3n) is 2.53. The van der Waals surface area contributed by atoms with Crippen LogP contribution in [0.25, 0.3) is 0 Å². The summed E-state index contributed by atoms with van der Waals surface area (Å²) in [6.07, 6.45) is 1.77. The maximum atomic E-state index is 5.84. The number of aromatic nitrogens is 4. The van der Waals surface area contributed by atoms with Gasteiger partial charge in [-0.1, -0.05) is 0 Å². The molecule has 0 saturated carbocycles. The Hall–Kier alpha value is -1.40. The van der Waals surface area contributed by atoms with Crippen molar-refractivity contribution in [3.8, 4) is 0 Å². The van der Waals surface area contributed by atoms with Crippen molar-refractivity contribution in [2.75, 3.05) is 0 Å². The number of hydrogen-bond acceptors (Lipinski definition) is 5. The summed E-state index contributed by atoms with van der Waals surface area (Å²) in [5, 5.41) is 9.81. The lowest BCUT2D eigenvalue weighted by Crippen LogP contribution is -2.05.